The summed E-state index contributed by atoms with van der Waals surface area (Å²) in [7, 11) is 0. The zero-order chi connectivity index (χ0) is 12.8. The van der Waals surface area contributed by atoms with Crippen LogP contribution in [0.4, 0.5) is 0 Å². The summed E-state index contributed by atoms with van der Waals surface area (Å²) in [5, 5.41) is 4.28. The lowest BCUT2D eigenvalue weighted by atomic mass is 10.0. The molecule has 5 heteroatoms. The van der Waals surface area contributed by atoms with Gasteiger partial charge in [-0.3, -0.25) is 0 Å². The molecule has 1 N–H and O–H groups in total. The van der Waals surface area contributed by atoms with Gasteiger partial charge in [0.25, 0.3) is 0 Å². The average molecular weight is 282 g/mol. The van der Waals surface area contributed by atoms with Gasteiger partial charge in [-0.1, -0.05) is 30.7 Å². The van der Waals surface area contributed by atoms with Crippen LogP contribution >= 0.6 is 23.3 Å². The molecule has 2 rings (SSSR count). The van der Waals surface area contributed by atoms with Crippen molar-refractivity contribution in [2.24, 2.45) is 0 Å². The standard InChI is InChI=1S/C13H16ClN3S/c1-2-6-15-12(13-9-16-18-17-13)8-10-4-3-5-11(14)7-10/h3-5,7,9,12,15H,2,6,8H2,1H3. The predicted molar refractivity (Wildman–Crippen MR) is 76.1 cm³/mol. The molecular formula is C13H16ClN3S. The second kappa shape index (κ2) is 6.83. The molecule has 2 aromatic rings. The molecule has 3 nitrogen and oxygen atoms in total. The molecule has 0 bridgehead atoms. The average Bonchev–Trinajstić information content (AvgIpc) is 2.88. The van der Waals surface area contributed by atoms with Crippen molar-refractivity contribution in [1.29, 1.82) is 0 Å². The van der Waals surface area contributed by atoms with E-state index in [9.17, 15) is 0 Å². The van der Waals surface area contributed by atoms with Crippen molar-refractivity contribution in [1.82, 2.24) is 14.1 Å². The van der Waals surface area contributed by atoms with Crippen LogP contribution in [0.1, 0.15) is 30.6 Å². The monoisotopic (exact) mass is 281 g/mol. The predicted octanol–water partition coefficient (Wildman–Crippen LogP) is 3.47. The highest BCUT2D eigenvalue weighted by Gasteiger charge is 2.14. The number of hydrogen-bond acceptors (Lipinski definition) is 4. The van der Waals surface area contributed by atoms with Crippen molar-refractivity contribution >= 4 is 23.3 Å². The molecule has 1 aromatic heterocycles. The number of halogens is 1. The lowest BCUT2D eigenvalue weighted by Crippen LogP contribution is -2.24. The van der Waals surface area contributed by atoms with Crippen LogP contribution in [0.5, 0.6) is 0 Å². The molecule has 0 aliphatic carbocycles. The molecule has 0 saturated heterocycles. The summed E-state index contributed by atoms with van der Waals surface area (Å²) in [5.74, 6) is 0. The molecule has 1 unspecified atom stereocenters. The van der Waals surface area contributed by atoms with Gasteiger partial charge in [-0.2, -0.15) is 8.75 Å². The Morgan fingerprint density at radius 3 is 3.00 bits per heavy atom. The maximum Gasteiger partial charge on any atom is 0.0915 e. The van der Waals surface area contributed by atoms with Crippen LogP contribution < -0.4 is 5.32 Å². The summed E-state index contributed by atoms with van der Waals surface area (Å²) in [4.78, 5) is 0. The number of nitrogens with zero attached hydrogens (tertiary/aromatic N) is 2. The van der Waals surface area contributed by atoms with Gasteiger partial charge in [0.2, 0.25) is 0 Å². The minimum absolute atomic E-state index is 0.210. The van der Waals surface area contributed by atoms with E-state index >= 15 is 0 Å². The Morgan fingerprint density at radius 1 is 1.44 bits per heavy atom. The molecule has 18 heavy (non-hydrogen) atoms. The van der Waals surface area contributed by atoms with E-state index < -0.39 is 0 Å². The van der Waals surface area contributed by atoms with E-state index in [1.807, 2.05) is 24.4 Å². The fraction of sp³-hybridized carbons (Fsp3) is 0.385. The molecule has 0 aliphatic rings. The van der Waals surface area contributed by atoms with E-state index in [0.29, 0.717) is 0 Å². The molecule has 0 radical (unpaired) electrons. The third kappa shape index (κ3) is 3.77. The molecule has 0 amide bonds. The maximum absolute atomic E-state index is 6.01. The van der Waals surface area contributed by atoms with Crippen molar-refractivity contribution in [3.05, 3.63) is 46.7 Å². The number of benzene rings is 1. The largest absolute Gasteiger partial charge is 0.308 e. The molecular weight excluding hydrogens is 266 g/mol. The molecule has 0 saturated carbocycles. The smallest absolute Gasteiger partial charge is 0.0915 e. The van der Waals surface area contributed by atoms with Crippen molar-refractivity contribution in [3.63, 3.8) is 0 Å². The first kappa shape index (κ1) is 13.5. The summed E-state index contributed by atoms with van der Waals surface area (Å²) < 4.78 is 8.40. The van der Waals surface area contributed by atoms with E-state index in [1.54, 1.807) is 0 Å². The third-order valence-electron chi connectivity index (χ3n) is 2.70. The van der Waals surface area contributed by atoms with Crippen molar-refractivity contribution in [2.75, 3.05) is 6.54 Å². The van der Waals surface area contributed by atoms with E-state index in [4.69, 9.17) is 11.6 Å². The van der Waals surface area contributed by atoms with Crippen LogP contribution in [-0.2, 0) is 6.42 Å². The topological polar surface area (TPSA) is 37.8 Å². The van der Waals surface area contributed by atoms with Crippen molar-refractivity contribution in [2.45, 2.75) is 25.8 Å². The first-order valence-corrected chi connectivity index (χ1v) is 7.15. The number of rotatable bonds is 6. The number of aromatic nitrogens is 2. The Labute approximate surface area is 117 Å². The molecule has 1 aromatic carbocycles. The first-order chi connectivity index (χ1) is 8.79. The van der Waals surface area contributed by atoms with Gasteiger partial charge in [-0.05, 0) is 37.1 Å². The van der Waals surface area contributed by atoms with E-state index in [1.165, 1.54) is 17.3 Å². The lowest BCUT2D eigenvalue weighted by Gasteiger charge is -2.16. The van der Waals surface area contributed by atoms with Gasteiger partial charge in [0, 0.05) is 5.02 Å². The molecule has 96 valence electrons. The molecule has 0 spiro atoms. The third-order valence-corrected chi connectivity index (χ3v) is 3.43. The van der Waals surface area contributed by atoms with Crippen molar-refractivity contribution < 1.29 is 0 Å². The Hall–Kier alpha value is -0.970. The van der Waals surface area contributed by atoms with Gasteiger partial charge >= 0.3 is 0 Å². The Balaban J connectivity index is 2.10. The Kier molecular flexibility index (Phi) is 5.11. The van der Waals surface area contributed by atoms with Crippen LogP contribution in [0.15, 0.2) is 30.5 Å². The highest BCUT2D eigenvalue weighted by Crippen LogP contribution is 2.19. The molecule has 0 fully saturated rings. The zero-order valence-electron chi connectivity index (χ0n) is 10.3. The summed E-state index contributed by atoms with van der Waals surface area (Å²) >= 11 is 7.26. The van der Waals surface area contributed by atoms with E-state index in [-0.39, 0.29) is 6.04 Å². The van der Waals surface area contributed by atoms with E-state index in [2.05, 4.69) is 27.1 Å². The van der Waals surface area contributed by atoms with Crippen molar-refractivity contribution in [3.8, 4) is 0 Å². The highest BCUT2D eigenvalue weighted by molar-refractivity contribution is 6.99. The second-order valence-corrected chi connectivity index (χ2v) is 5.17. The summed E-state index contributed by atoms with van der Waals surface area (Å²) in [6.45, 7) is 3.13. The minimum atomic E-state index is 0.210. The summed E-state index contributed by atoms with van der Waals surface area (Å²) in [6.07, 6.45) is 3.82. The first-order valence-electron chi connectivity index (χ1n) is 6.05. The quantitative estimate of drug-likeness (QED) is 0.881. The number of nitrogens with one attached hydrogen (secondary N) is 1. The molecule has 1 heterocycles. The maximum atomic E-state index is 6.01. The van der Waals surface area contributed by atoms with Crippen LogP contribution in [0, 0.1) is 0 Å². The second-order valence-electron chi connectivity index (χ2n) is 4.17. The highest BCUT2D eigenvalue weighted by atomic mass is 35.5. The van der Waals surface area contributed by atoms with E-state index in [0.717, 1.165) is 30.1 Å². The lowest BCUT2D eigenvalue weighted by molar-refractivity contribution is 0.521. The molecule has 1 atom stereocenters. The normalized spacial score (nSPS) is 12.6. The van der Waals surface area contributed by atoms with Gasteiger partial charge in [0.1, 0.15) is 0 Å². The SMILES string of the molecule is CCCNC(Cc1cccc(Cl)c1)c1cnsn1. The fourth-order valence-corrected chi connectivity index (χ4v) is 2.51. The fourth-order valence-electron chi connectivity index (χ4n) is 1.82. The minimum Gasteiger partial charge on any atom is -0.308 e. The van der Waals surface area contributed by atoms with Gasteiger partial charge in [0.15, 0.2) is 0 Å². The molecule has 0 aliphatic heterocycles. The van der Waals surface area contributed by atoms with Crippen LogP contribution in [0.3, 0.4) is 0 Å². The summed E-state index contributed by atoms with van der Waals surface area (Å²) in [6, 6.07) is 8.17. The Morgan fingerprint density at radius 2 is 2.33 bits per heavy atom. The van der Waals surface area contributed by atoms with Gasteiger partial charge < -0.3 is 5.32 Å². The zero-order valence-corrected chi connectivity index (χ0v) is 11.8. The van der Waals surface area contributed by atoms with Gasteiger partial charge in [-0.25, -0.2) is 0 Å². The van der Waals surface area contributed by atoms with Gasteiger partial charge in [0.05, 0.1) is 29.7 Å². The summed E-state index contributed by atoms with van der Waals surface area (Å²) in [5.41, 5.74) is 2.22. The van der Waals surface area contributed by atoms with Crippen LogP contribution in [0.2, 0.25) is 5.02 Å². The number of hydrogen-bond donors (Lipinski definition) is 1. The van der Waals surface area contributed by atoms with Gasteiger partial charge in [-0.15, -0.1) is 0 Å². The Bertz CT molecular complexity index is 473. The van der Waals surface area contributed by atoms with Crippen LogP contribution in [-0.4, -0.2) is 15.3 Å². The van der Waals surface area contributed by atoms with Crippen LogP contribution in [0.25, 0.3) is 0 Å².